The van der Waals surface area contributed by atoms with Crippen molar-refractivity contribution >= 4 is 23.2 Å². The lowest BCUT2D eigenvalue weighted by Crippen LogP contribution is -2.51. The van der Waals surface area contributed by atoms with Gasteiger partial charge in [0.15, 0.2) is 0 Å². The lowest BCUT2D eigenvalue weighted by molar-refractivity contribution is -0.158. The van der Waals surface area contributed by atoms with Crippen molar-refractivity contribution in [3.63, 3.8) is 0 Å². The van der Waals surface area contributed by atoms with Crippen molar-refractivity contribution < 1.29 is 14.3 Å². The van der Waals surface area contributed by atoms with E-state index in [4.69, 9.17) is 4.74 Å². The Morgan fingerprint density at radius 2 is 2.07 bits per heavy atom. The van der Waals surface area contributed by atoms with Crippen LogP contribution in [0.3, 0.4) is 0 Å². The highest BCUT2D eigenvalue weighted by Crippen LogP contribution is 2.36. The highest BCUT2D eigenvalue weighted by molar-refractivity contribution is 7.09. The van der Waals surface area contributed by atoms with Gasteiger partial charge in [-0.2, -0.15) is 0 Å². The first-order valence-corrected chi connectivity index (χ1v) is 10.3. The Morgan fingerprint density at radius 3 is 2.74 bits per heavy atom. The van der Waals surface area contributed by atoms with E-state index < -0.39 is 5.41 Å². The summed E-state index contributed by atoms with van der Waals surface area (Å²) in [4.78, 5) is 32.0. The summed E-state index contributed by atoms with van der Waals surface area (Å²) >= 11 is 1.47. The van der Waals surface area contributed by atoms with Crippen molar-refractivity contribution in [1.82, 2.24) is 9.88 Å². The Labute approximate surface area is 164 Å². The van der Waals surface area contributed by atoms with Crippen LogP contribution in [0.5, 0.6) is 0 Å². The maximum Gasteiger partial charge on any atom is 0.314 e. The molecule has 1 aliphatic rings. The first-order chi connectivity index (χ1) is 12.9. The SMILES string of the molecule is CCOC(=O)[C@]1(Cc2ccccc2C)CCCN(C(=O)c2csc(C)n2)C1. The van der Waals surface area contributed by atoms with Crippen LogP contribution in [0.1, 0.15) is 46.4 Å². The number of amides is 1. The summed E-state index contributed by atoms with van der Waals surface area (Å²) in [7, 11) is 0. The molecule has 5 nitrogen and oxygen atoms in total. The summed E-state index contributed by atoms with van der Waals surface area (Å²) in [5.41, 5.74) is 2.04. The first kappa shape index (κ1) is 19.5. The number of rotatable bonds is 5. The van der Waals surface area contributed by atoms with Gasteiger partial charge in [0.2, 0.25) is 0 Å². The maximum absolute atomic E-state index is 13.0. The lowest BCUT2D eigenvalue weighted by atomic mass is 9.74. The third kappa shape index (κ3) is 4.21. The summed E-state index contributed by atoms with van der Waals surface area (Å²) in [6.45, 7) is 7.12. The molecule has 1 amide bonds. The number of esters is 1. The Morgan fingerprint density at radius 1 is 1.30 bits per heavy atom. The summed E-state index contributed by atoms with van der Waals surface area (Å²) in [5, 5.41) is 2.66. The third-order valence-electron chi connectivity index (χ3n) is 5.20. The van der Waals surface area contributed by atoms with Crippen molar-refractivity contribution in [3.8, 4) is 0 Å². The van der Waals surface area contributed by atoms with Gasteiger partial charge in [-0.15, -0.1) is 11.3 Å². The molecule has 3 rings (SSSR count). The van der Waals surface area contributed by atoms with Crippen LogP contribution in [0.25, 0.3) is 0 Å². The van der Waals surface area contributed by atoms with Gasteiger partial charge in [-0.05, 0) is 51.2 Å². The van der Waals surface area contributed by atoms with Crippen LogP contribution < -0.4 is 0 Å². The molecule has 1 atom stereocenters. The number of hydrogen-bond donors (Lipinski definition) is 0. The minimum atomic E-state index is -0.707. The number of likely N-dealkylation sites (tertiary alicyclic amines) is 1. The van der Waals surface area contributed by atoms with Crippen molar-refractivity contribution in [1.29, 1.82) is 0 Å². The molecule has 27 heavy (non-hydrogen) atoms. The number of ether oxygens (including phenoxy) is 1. The minimum Gasteiger partial charge on any atom is -0.466 e. The third-order valence-corrected chi connectivity index (χ3v) is 5.97. The van der Waals surface area contributed by atoms with Crippen LogP contribution in [0.4, 0.5) is 0 Å². The first-order valence-electron chi connectivity index (χ1n) is 9.38. The number of carbonyl (C=O) groups is 2. The predicted octanol–water partition coefficient (Wildman–Crippen LogP) is 3.79. The maximum atomic E-state index is 13.0. The van der Waals surface area contributed by atoms with Gasteiger partial charge in [0.1, 0.15) is 5.69 Å². The van der Waals surface area contributed by atoms with Crippen LogP contribution in [-0.2, 0) is 16.0 Å². The molecule has 0 radical (unpaired) electrons. The fourth-order valence-electron chi connectivity index (χ4n) is 3.77. The summed E-state index contributed by atoms with van der Waals surface area (Å²) in [6.07, 6.45) is 2.08. The molecule has 2 aromatic rings. The molecule has 0 N–H and O–H groups in total. The molecule has 1 aliphatic heterocycles. The quantitative estimate of drug-likeness (QED) is 0.734. The van der Waals surface area contributed by atoms with E-state index in [2.05, 4.69) is 24.0 Å². The second kappa shape index (κ2) is 8.21. The van der Waals surface area contributed by atoms with Gasteiger partial charge in [-0.3, -0.25) is 9.59 Å². The highest BCUT2D eigenvalue weighted by Gasteiger charge is 2.45. The zero-order chi connectivity index (χ0) is 19.4. The van der Waals surface area contributed by atoms with Crippen LogP contribution >= 0.6 is 11.3 Å². The summed E-state index contributed by atoms with van der Waals surface area (Å²) in [6, 6.07) is 8.10. The molecule has 144 valence electrons. The molecule has 1 fully saturated rings. The lowest BCUT2D eigenvalue weighted by Gasteiger charge is -2.41. The van der Waals surface area contributed by atoms with Gasteiger partial charge >= 0.3 is 5.97 Å². The highest BCUT2D eigenvalue weighted by atomic mass is 32.1. The number of carbonyl (C=O) groups excluding carboxylic acids is 2. The fourth-order valence-corrected chi connectivity index (χ4v) is 4.36. The van der Waals surface area contributed by atoms with Crippen LogP contribution in [0.2, 0.25) is 0 Å². The van der Waals surface area contributed by atoms with Crippen molar-refractivity contribution in [2.24, 2.45) is 5.41 Å². The number of aryl methyl sites for hydroxylation is 2. The van der Waals surface area contributed by atoms with E-state index in [0.717, 1.165) is 29.0 Å². The van der Waals surface area contributed by atoms with Crippen LogP contribution in [-0.4, -0.2) is 41.5 Å². The topological polar surface area (TPSA) is 59.5 Å². The molecule has 6 heteroatoms. The van der Waals surface area contributed by atoms with E-state index in [1.54, 1.807) is 10.3 Å². The van der Waals surface area contributed by atoms with E-state index in [9.17, 15) is 9.59 Å². The molecular formula is C21H26N2O3S. The number of nitrogens with zero attached hydrogens (tertiary/aromatic N) is 2. The van der Waals surface area contributed by atoms with Crippen molar-refractivity contribution in [2.45, 2.75) is 40.0 Å². The number of aromatic nitrogens is 1. The van der Waals surface area contributed by atoms with Gasteiger partial charge in [0.05, 0.1) is 17.0 Å². The molecule has 1 aromatic heterocycles. The predicted molar refractivity (Wildman–Crippen MR) is 106 cm³/mol. The zero-order valence-corrected chi connectivity index (χ0v) is 17.0. The van der Waals surface area contributed by atoms with Crippen LogP contribution in [0.15, 0.2) is 29.6 Å². The molecule has 0 unspecified atom stereocenters. The average molecular weight is 387 g/mol. The second-order valence-corrected chi connectivity index (χ2v) is 8.25. The van der Waals surface area contributed by atoms with E-state index >= 15 is 0 Å². The second-order valence-electron chi connectivity index (χ2n) is 7.19. The van der Waals surface area contributed by atoms with Gasteiger partial charge in [0.25, 0.3) is 5.91 Å². The number of benzene rings is 1. The van der Waals surface area contributed by atoms with E-state index in [0.29, 0.717) is 31.8 Å². The fraction of sp³-hybridized carbons (Fsp3) is 0.476. The Balaban J connectivity index is 1.89. The van der Waals surface area contributed by atoms with Crippen molar-refractivity contribution in [2.75, 3.05) is 19.7 Å². The molecular weight excluding hydrogens is 360 g/mol. The standard InChI is InChI=1S/C21H26N2O3S/c1-4-26-20(25)21(12-17-9-6-5-8-15(17)2)10-7-11-23(14-21)19(24)18-13-27-16(3)22-18/h5-6,8-9,13H,4,7,10-12,14H2,1-3H3/t21-/m0/s1. The van der Waals surface area contributed by atoms with E-state index in [1.165, 1.54) is 11.3 Å². The number of thiazole rings is 1. The number of hydrogen-bond acceptors (Lipinski definition) is 5. The van der Waals surface area contributed by atoms with Gasteiger partial charge in [0, 0.05) is 18.5 Å². The molecule has 0 bridgehead atoms. The molecule has 0 aliphatic carbocycles. The largest absolute Gasteiger partial charge is 0.466 e. The Hall–Kier alpha value is -2.21. The summed E-state index contributed by atoms with van der Waals surface area (Å²) in [5.74, 6) is -0.308. The molecule has 2 heterocycles. The number of piperidine rings is 1. The Bertz CT molecular complexity index is 832. The molecule has 0 spiro atoms. The summed E-state index contributed by atoms with van der Waals surface area (Å²) < 4.78 is 5.44. The van der Waals surface area contributed by atoms with Gasteiger partial charge < -0.3 is 9.64 Å². The van der Waals surface area contributed by atoms with E-state index in [-0.39, 0.29) is 11.9 Å². The van der Waals surface area contributed by atoms with Crippen molar-refractivity contribution in [3.05, 3.63) is 51.5 Å². The van der Waals surface area contributed by atoms with Crippen LogP contribution in [0, 0.1) is 19.3 Å². The zero-order valence-electron chi connectivity index (χ0n) is 16.2. The van der Waals surface area contributed by atoms with Gasteiger partial charge in [-0.25, -0.2) is 4.98 Å². The van der Waals surface area contributed by atoms with E-state index in [1.807, 2.05) is 26.0 Å². The molecule has 0 saturated carbocycles. The monoisotopic (exact) mass is 386 g/mol. The smallest absolute Gasteiger partial charge is 0.314 e. The average Bonchev–Trinajstić information content (AvgIpc) is 3.10. The minimum absolute atomic E-state index is 0.0995. The normalized spacial score (nSPS) is 19.7. The van der Waals surface area contributed by atoms with Gasteiger partial charge in [-0.1, -0.05) is 24.3 Å². The molecule has 1 aromatic carbocycles. The Kier molecular flexibility index (Phi) is 5.95. The molecule has 1 saturated heterocycles.